The second kappa shape index (κ2) is 9.55. The van der Waals surface area contributed by atoms with Gasteiger partial charge in [0.25, 0.3) is 5.91 Å². The van der Waals surface area contributed by atoms with E-state index in [2.05, 4.69) is 10.1 Å². The molecule has 156 valence electrons. The Morgan fingerprint density at radius 2 is 1.90 bits per heavy atom. The number of benzene rings is 2. The predicted molar refractivity (Wildman–Crippen MR) is 107 cm³/mol. The van der Waals surface area contributed by atoms with Gasteiger partial charge in [0.1, 0.15) is 0 Å². The number of ether oxygens (including phenoxy) is 2. The number of amides is 1. The number of fused-ring (bicyclic) bond motifs is 1. The van der Waals surface area contributed by atoms with Crippen LogP contribution in [0.5, 0.6) is 0 Å². The molecule has 1 aromatic heterocycles. The molecule has 1 N–H and O–H groups in total. The molecule has 2 aromatic carbocycles. The molecule has 0 atom stereocenters. The Morgan fingerprint density at radius 1 is 1.10 bits per heavy atom. The molecule has 30 heavy (non-hydrogen) atoms. The number of aryl methyl sites for hydroxylation is 1. The van der Waals surface area contributed by atoms with Gasteiger partial charge in [-0.15, -0.1) is 0 Å². The monoisotopic (exact) mass is 412 g/mol. The van der Waals surface area contributed by atoms with Gasteiger partial charge in [0.15, 0.2) is 12.2 Å². The number of rotatable bonds is 8. The van der Waals surface area contributed by atoms with Crippen LogP contribution >= 0.6 is 0 Å². The second-order valence-corrected chi connectivity index (χ2v) is 6.37. The third-order valence-corrected chi connectivity index (χ3v) is 4.27. The summed E-state index contributed by atoms with van der Waals surface area (Å²) in [6.45, 7) is -0.173. The van der Waals surface area contributed by atoms with Crippen molar-refractivity contribution < 1.29 is 28.3 Å². The van der Waals surface area contributed by atoms with Crippen LogP contribution in [-0.2, 0) is 25.6 Å². The van der Waals surface area contributed by atoms with Crippen molar-refractivity contribution in [2.24, 2.45) is 0 Å². The highest BCUT2D eigenvalue weighted by Gasteiger charge is 2.12. The fourth-order valence-electron chi connectivity index (χ4n) is 2.86. The van der Waals surface area contributed by atoms with Gasteiger partial charge in [0, 0.05) is 18.7 Å². The zero-order valence-corrected chi connectivity index (χ0v) is 16.3. The molecular weight excluding hydrogens is 392 g/mol. The highest BCUT2D eigenvalue weighted by molar-refractivity contribution is 5.95. The van der Waals surface area contributed by atoms with Gasteiger partial charge in [-0.3, -0.25) is 14.2 Å². The van der Waals surface area contributed by atoms with Crippen LogP contribution in [-0.4, -0.2) is 36.1 Å². The van der Waals surface area contributed by atoms with E-state index in [4.69, 9.17) is 9.15 Å². The van der Waals surface area contributed by atoms with E-state index < -0.39 is 30.2 Å². The van der Waals surface area contributed by atoms with Gasteiger partial charge < -0.3 is 19.2 Å². The van der Waals surface area contributed by atoms with Crippen molar-refractivity contribution in [1.82, 2.24) is 4.57 Å². The number of anilines is 1. The van der Waals surface area contributed by atoms with Crippen LogP contribution < -0.4 is 11.1 Å². The summed E-state index contributed by atoms with van der Waals surface area (Å²) in [7, 11) is 1.26. The molecule has 1 heterocycles. The lowest BCUT2D eigenvalue weighted by atomic mass is 10.2. The molecule has 3 rings (SSSR count). The standard InChI is InChI=1S/C21H20N2O7/c1-28-20(26)14-6-4-7-15(12-14)22-18(24)13-29-19(25)10-5-11-23-16-8-2-3-9-17(16)30-21(23)27/h2-4,6-9,12H,5,10-11,13H2,1H3,(H,22,24). The number of carbonyl (C=O) groups is 3. The average Bonchev–Trinajstić information content (AvgIpc) is 3.07. The SMILES string of the molecule is COC(=O)c1cccc(NC(=O)COC(=O)CCCn2c(=O)oc3ccccc32)c1. The first kappa shape index (κ1) is 20.8. The number of oxazole rings is 1. The number of hydrogen-bond acceptors (Lipinski definition) is 7. The predicted octanol–water partition coefficient (Wildman–Crippen LogP) is 2.34. The topological polar surface area (TPSA) is 117 Å². The number of aromatic nitrogens is 1. The Balaban J connectivity index is 1.44. The average molecular weight is 412 g/mol. The summed E-state index contributed by atoms with van der Waals surface area (Å²) in [5.74, 6) is -2.11. The van der Waals surface area contributed by atoms with Gasteiger partial charge in [-0.05, 0) is 36.8 Å². The van der Waals surface area contributed by atoms with Crippen molar-refractivity contribution in [2.45, 2.75) is 19.4 Å². The molecule has 3 aromatic rings. The van der Waals surface area contributed by atoms with Gasteiger partial charge in [-0.2, -0.15) is 0 Å². The summed E-state index contributed by atoms with van der Waals surface area (Å²) in [5, 5.41) is 2.54. The molecule has 0 saturated carbocycles. The molecule has 9 heteroatoms. The minimum absolute atomic E-state index is 0.0387. The third kappa shape index (κ3) is 5.13. The molecule has 0 aliphatic heterocycles. The Morgan fingerprint density at radius 3 is 2.70 bits per heavy atom. The maximum absolute atomic E-state index is 12.0. The molecule has 1 amide bonds. The lowest BCUT2D eigenvalue weighted by molar-refractivity contribution is -0.147. The zero-order valence-electron chi connectivity index (χ0n) is 16.3. The molecule has 0 aliphatic carbocycles. The molecule has 0 bridgehead atoms. The van der Waals surface area contributed by atoms with Crippen molar-refractivity contribution in [3.05, 3.63) is 64.6 Å². The summed E-state index contributed by atoms with van der Waals surface area (Å²) < 4.78 is 16.2. The number of hydrogen-bond donors (Lipinski definition) is 1. The molecule has 0 saturated heterocycles. The van der Waals surface area contributed by atoms with E-state index in [9.17, 15) is 19.2 Å². The van der Waals surface area contributed by atoms with Crippen LogP contribution in [0.25, 0.3) is 11.1 Å². The Kier molecular flexibility index (Phi) is 6.63. The lowest BCUT2D eigenvalue weighted by Crippen LogP contribution is -2.21. The van der Waals surface area contributed by atoms with Crippen molar-refractivity contribution >= 4 is 34.6 Å². The minimum Gasteiger partial charge on any atom is -0.465 e. The molecule has 0 spiro atoms. The molecule has 0 radical (unpaired) electrons. The van der Waals surface area contributed by atoms with Gasteiger partial charge >= 0.3 is 17.7 Å². The number of nitrogens with one attached hydrogen (secondary N) is 1. The first-order chi connectivity index (χ1) is 14.5. The first-order valence-electron chi connectivity index (χ1n) is 9.20. The van der Waals surface area contributed by atoms with E-state index >= 15 is 0 Å². The normalized spacial score (nSPS) is 10.6. The van der Waals surface area contributed by atoms with E-state index in [0.29, 0.717) is 23.2 Å². The van der Waals surface area contributed by atoms with Crippen LogP contribution in [0, 0.1) is 0 Å². The molecular formula is C21H20N2O7. The number of methoxy groups -OCH3 is 1. The fourth-order valence-corrected chi connectivity index (χ4v) is 2.86. The van der Waals surface area contributed by atoms with Crippen LogP contribution in [0.1, 0.15) is 23.2 Å². The van der Waals surface area contributed by atoms with E-state index in [1.807, 2.05) is 0 Å². The van der Waals surface area contributed by atoms with Gasteiger partial charge in [0.2, 0.25) is 0 Å². The van der Waals surface area contributed by atoms with Crippen molar-refractivity contribution in [3.63, 3.8) is 0 Å². The maximum Gasteiger partial charge on any atom is 0.419 e. The summed E-state index contributed by atoms with van der Waals surface area (Å²) in [4.78, 5) is 47.2. The van der Waals surface area contributed by atoms with Crippen molar-refractivity contribution in [3.8, 4) is 0 Å². The number of nitrogens with zero attached hydrogens (tertiary/aromatic N) is 1. The Labute approximate surface area is 171 Å². The number of carbonyl (C=O) groups excluding carboxylic acids is 3. The summed E-state index contributed by atoms with van der Waals surface area (Å²) in [6.07, 6.45) is 0.391. The zero-order chi connectivity index (χ0) is 21.5. The van der Waals surface area contributed by atoms with E-state index in [1.54, 1.807) is 42.5 Å². The van der Waals surface area contributed by atoms with Gasteiger partial charge in [0.05, 0.1) is 18.2 Å². The maximum atomic E-state index is 12.0. The van der Waals surface area contributed by atoms with Crippen LogP contribution in [0.15, 0.2) is 57.7 Å². The van der Waals surface area contributed by atoms with E-state index in [0.717, 1.165) is 0 Å². The van der Waals surface area contributed by atoms with E-state index in [1.165, 1.54) is 17.7 Å². The fraction of sp³-hybridized carbons (Fsp3) is 0.238. The number of esters is 2. The van der Waals surface area contributed by atoms with Crippen molar-refractivity contribution in [1.29, 1.82) is 0 Å². The smallest absolute Gasteiger partial charge is 0.419 e. The molecule has 0 unspecified atom stereocenters. The highest BCUT2D eigenvalue weighted by atomic mass is 16.5. The number of para-hydroxylation sites is 2. The van der Waals surface area contributed by atoms with Crippen LogP contribution in [0.3, 0.4) is 0 Å². The summed E-state index contributed by atoms with van der Waals surface area (Å²) in [5.41, 5.74) is 1.81. The Hall–Kier alpha value is -3.88. The second-order valence-electron chi connectivity index (χ2n) is 6.37. The van der Waals surface area contributed by atoms with Gasteiger partial charge in [-0.25, -0.2) is 9.59 Å². The molecule has 0 fully saturated rings. The van der Waals surface area contributed by atoms with Crippen molar-refractivity contribution in [2.75, 3.05) is 19.0 Å². The van der Waals surface area contributed by atoms with Gasteiger partial charge in [-0.1, -0.05) is 18.2 Å². The highest BCUT2D eigenvalue weighted by Crippen LogP contribution is 2.13. The Bertz CT molecular complexity index is 1130. The third-order valence-electron chi connectivity index (χ3n) is 4.27. The van der Waals surface area contributed by atoms with Crippen LogP contribution in [0.4, 0.5) is 5.69 Å². The minimum atomic E-state index is -0.561. The summed E-state index contributed by atoms with van der Waals surface area (Å²) >= 11 is 0. The first-order valence-corrected chi connectivity index (χ1v) is 9.20. The van der Waals surface area contributed by atoms with Crippen LogP contribution in [0.2, 0.25) is 0 Å². The quantitative estimate of drug-likeness (QED) is 0.564. The lowest BCUT2D eigenvalue weighted by Gasteiger charge is -2.08. The summed E-state index contributed by atoms with van der Waals surface area (Å²) in [6, 6.07) is 13.2. The largest absolute Gasteiger partial charge is 0.465 e. The molecule has 9 nitrogen and oxygen atoms in total. The van der Waals surface area contributed by atoms with E-state index in [-0.39, 0.29) is 18.5 Å². The molecule has 0 aliphatic rings.